The van der Waals surface area contributed by atoms with Crippen molar-refractivity contribution < 1.29 is 4.74 Å². The Hall–Kier alpha value is -1.42. The highest BCUT2D eigenvalue weighted by molar-refractivity contribution is 5.11. The molecule has 0 aliphatic rings. The fraction of sp³-hybridized carbons (Fsp3) is 0.667. The summed E-state index contributed by atoms with van der Waals surface area (Å²) < 4.78 is 6.86. The summed E-state index contributed by atoms with van der Waals surface area (Å²) in [7, 11) is 3.55. The number of nitriles is 1. The Morgan fingerprint density at radius 2 is 2.39 bits per heavy atom. The van der Waals surface area contributed by atoms with Crippen molar-refractivity contribution >= 4 is 0 Å². The summed E-state index contributed by atoms with van der Waals surface area (Å²) in [6, 6.07) is 2.25. The van der Waals surface area contributed by atoms with E-state index < -0.39 is 0 Å². The van der Waals surface area contributed by atoms with Gasteiger partial charge in [0, 0.05) is 52.0 Å². The smallest absolute Gasteiger partial charge is 0.0635 e. The molecule has 0 aliphatic heterocycles. The van der Waals surface area contributed by atoms with Crippen LogP contribution in [0.4, 0.5) is 0 Å². The van der Waals surface area contributed by atoms with Crippen LogP contribution in [0.25, 0.3) is 0 Å². The van der Waals surface area contributed by atoms with Crippen LogP contribution in [0.3, 0.4) is 0 Å². The predicted octanol–water partition coefficient (Wildman–Crippen LogP) is 0.282. The zero-order valence-electron chi connectivity index (χ0n) is 11.0. The minimum absolute atomic E-state index is 0.0854. The molecular formula is C12H21N5O. The fourth-order valence-corrected chi connectivity index (χ4v) is 1.93. The maximum Gasteiger partial charge on any atom is 0.0635 e. The molecule has 1 aromatic heterocycles. The molecule has 0 bridgehead atoms. The monoisotopic (exact) mass is 251 g/mol. The van der Waals surface area contributed by atoms with Crippen molar-refractivity contribution in [1.29, 1.82) is 5.26 Å². The molecule has 0 saturated carbocycles. The molecule has 6 heteroatoms. The number of methoxy groups -OCH3 is 1. The molecule has 0 fully saturated rings. The van der Waals surface area contributed by atoms with E-state index in [9.17, 15) is 0 Å². The minimum Gasteiger partial charge on any atom is -0.383 e. The summed E-state index contributed by atoms with van der Waals surface area (Å²) >= 11 is 0. The van der Waals surface area contributed by atoms with Gasteiger partial charge in [0.05, 0.1) is 24.9 Å². The summed E-state index contributed by atoms with van der Waals surface area (Å²) in [6.45, 7) is 2.58. The predicted molar refractivity (Wildman–Crippen MR) is 68.7 cm³/mol. The van der Waals surface area contributed by atoms with E-state index >= 15 is 0 Å². The molecule has 0 aliphatic carbocycles. The van der Waals surface area contributed by atoms with Gasteiger partial charge >= 0.3 is 0 Å². The Kier molecular flexibility index (Phi) is 6.36. The van der Waals surface area contributed by atoms with E-state index in [0.29, 0.717) is 26.1 Å². The average Bonchev–Trinajstić information content (AvgIpc) is 2.79. The van der Waals surface area contributed by atoms with Gasteiger partial charge in [-0.25, -0.2) is 0 Å². The number of aromatic nitrogens is 2. The number of rotatable bonds is 8. The average molecular weight is 251 g/mol. The van der Waals surface area contributed by atoms with E-state index in [2.05, 4.69) is 16.1 Å². The largest absolute Gasteiger partial charge is 0.383 e. The summed E-state index contributed by atoms with van der Waals surface area (Å²) in [5.74, 6) is 0. The van der Waals surface area contributed by atoms with E-state index in [4.69, 9.17) is 15.7 Å². The van der Waals surface area contributed by atoms with Gasteiger partial charge in [-0.05, 0) is 0 Å². The molecule has 2 N–H and O–H groups in total. The fourth-order valence-electron chi connectivity index (χ4n) is 1.93. The zero-order valence-corrected chi connectivity index (χ0v) is 11.0. The normalized spacial score (nSPS) is 12.6. The summed E-state index contributed by atoms with van der Waals surface area (Å²) in [5.41, 5.74) is 6.93. The molecule has 6 nitrogen and oxygen atoms in total. The van der Waals surface area contributed by atoms with Gasteiger partial charge in [0.15, 0.2) is 0 Å². The van der Waals surface area contributed by atoms with E-state index in [0.717, 1.165) is 12.1 Å². The first-order valence-electron chi connectivity index (χ1n) is 6.01. The van der Waals surface area contributed by atoms with Gasteiger partial charge < -0.3 is 10.5 Å². The molecular weight excluding hydrogens is 230 g/mol. The first kappa shape index (κ1) is 14.6. The van der Waals surface area contributed by atoms with Crippen LogP contribution in [-0.2, 0) is 11.8 Å². The molecule has 0 spiro atoms. The third-order valence-corrected chi connectivity index (χ3v) is 2.87. The number of nitrogens with two attached hydrogens (primary N) is 1. The third kappa shape index (κ3) is 4.11. The van der Waals surface area contributed by atoms with Gasteiger partial charge in [0.2, 0.25) is 0 Å². The summed E-state index contributed by atoms with van der Waals surface area (Å²) in [4.78, 5) is 2.17. The second kappa shape index (κ2) is 7.82. The first-order chi connectivity index (χ1) is 8.72. The first-order valence-corrected chi connectivity index (χ1v) is 6.01. The van der Waals surface area contributed by atoms with E-state index in [1.165, 1.54) is 0 Å². The highest BCUT2D eigenvalue weighted by Gasteiger charge is 2.19. The molecule has 1 unspecified atom stereocenters. The van der Waals surface area contributed by atoms with E-state index in [1.807, 2.05) is 19.4 Å². The number of hydrogen-bond acceptors (Lipinski definition) is 5. The lowest BCUT2D eigenvalue weighted by Crippen LogP contribution is -2.36. The number of hydrogen-bond donors (Lipinski definition) is 1. The molecule has 100 valence electrons. The van der Waals surface area contributed by atoms with Crippen LogP contribution in [0.2, 0.25) is 0 Å². The Morgan fingerprint density at radius 3 is 2.89 bits per heavy atom. The second-order valence-corrected chi connectivity index (χ2v) is 4.14. The number of nitrogens with zero attached hydrogens (tertiary/aromatic N) is 4. The zero-order chi connectivity index (χ0) is 13.4. The van der Waals surface area contributed by atoms with Gasteiger partial charge in [0.1, 0.15) is 0 Å². The van der Waals surface area contributed by atoms with Crippen LogP contribution in [0.5, 0.6) is 0 Å². The van der Waals surface area contributed by atoms with Crippen LogP contribution in [-0.4, -0.2) is 48.0 Å². The molecule has 0 aromatic carbocycles. The van der Waals surface area contributed by atoms with Crippen molar-refractivity contribution in [2.24, 2.45) is 12.8 Å². The van der Waals surface area contributed by atoms with E-state index in [-0.39, 0.29) is 6.04 Å². The SMILES string of the molecule is COCCN(CCC#N)C(CN)c1cnn(C)c1. The molecule has 18 heavy (non-hydrogen) atoms. The molecule has 0 saturated heterocycles. The minimum atomic E-state index is 0.0854. The lowest BCUT2D eigenvalue weighted by atomic mass is 10.1. The Balaban J connectivity index is 2.75. The van der Waals surface area contributed by atoms with Gasteiger partial charge in [-0.2, -0.15) is 10.4 Å². The molecule has 1 atom stereocenters. The summed E-state index contributed by atoms with van der Waals surface area (Å²) in [6.07, 6.45) is 4.27. The van der Waals surface area contributed by atoms with Crippen LogP contribution in [0.1, 0.15) is 18.0 Å². The highest BCUT2D eigenvalue weighted by atomic mass is 16.5. The Morgan fingerprint density at radius 1 is 1.61 bits per heavy atom. The van der Waals surface area contributed by atoms with Gasteiger partial charge in [-0.15, -0.1) is 0 Å². The highest BCUT2D eigenvalue weighted by Crippen LogP contribution is 2.18. The van der Waals surface area contributed by atoms with Gasteiger partial charge in [-0.3, -0.25) is 9.58 Å². The van der Waals surface area contributed by atoms with Crippen molar-refractivity contribution in [3.63, 3.8) is 0 Å². The third-order valence-electron chi connectivity index (χ3n) is 2.87. The lowest BCUT2D eigenvalue weighted by Gasteiger charge is -2.29. The standard InChI is InChI=1S/C12H21N5O/c1-16-10-11(9-15-16)12(8-14)17(5-3-4-13)6-7-18-2/h9-10,12H,3,5-8,14H2,1-2H3. The lowest BCUT2D eigenvalue weighted by molar-refractivity contribution is 0.123. The maximum absolute atomic E-state index is 8.71. The Labute approximate surface area is 108 Å². The molecule has 0 radical (unpaired) electrons. The molecule has 1 aromatic rings. The maximum atomic E-state index is 8.71. The quantitative estimate of drug-likeness (QED) is 0.718. The second-order valence-electron chi connectivity index (χ2n) is 4.14. The van der Waals surface area contributed by atoms with Crippen molar-refractivity contribution in [3.8, 4) is 6.07 Å². The van der Waals surface area contributed by atoms with Gasteiger partial charge in [-0.1, -0.05) is 0 Å². The van der Waals surface area contributed by atoms with E-state index in [1.54, 1.807) is 11.8 Å². The van der Waals surface area contributed by atoms with Crippen molar-refractivity contribution in [3.05, 3.63) is 18.0 Å². The molecule has 1 heterocycles. The van der Waals surface area contributed by atoms with Crippen molar-refractivity contribution in [2.45, 2.75) is 12.5 Å². The summed E-state index contributed by atoms with van der Waals surface area (Å²) in [5, 5.41) is 12.9. The number of ether oxygens (including phenoxy) is 1. The number of aryl methyl sites for hydroxylation is 1. The van der Waals surface area contributed by atoms with Crippen LogP contribution in [0, 0.1) is 11.3 Å². The van der Waals surface area contributed by atoms with Crippen LogP contribution >= 0.6 is 0 Å². The Bertz CT molecular complexity index is 384. The van der Waals surface area contributed by atoms with Crippen LogP contribution < -0.4 is 5.73 Å². The topological polar surface area (TPSA) is 80.1 Å². The molecule has 1 rings (SSSR count). The van der Waals surface area contributed by atoms with Crippen LogP contribution in [0.15, 0.2) is 12.4 Å². The van der Waals surface area contributed by atoms with Crippen molar-refractivity contribution in [1.82, 2.24) is 14.7 Å². The molecule has 0 amide bonds. The van der Waals surface area contributed by atoms with Crippen molar-refractivity contribution in [2.75, 3.05) is 33.4 Å². The van der Waals surface area contributed by atoms with Gasteiger partial charge in [0.25, 0.3) is 0 Å².